The lowest BCUT2D eigenvalue weighted by atomic mass is 10.1. The molecule has 0 N–H and O–H groups in total. The molecule has 0 heterocycles. The first-order valence-electron chi connectivity index (χ1n) is 3.75. The largest absolute Gasteiger partial charge is 0.416 e. The first kappa shape index (κ1) is 11.1. The number of thiol groups is 1. The number of carbonyl (C=O) groups excluding carboxylic acids is 1. The quantitative estimate of drug-likeness (QED) is 0.599. The van der Waals surface area contributed by atoms with Crippen LogP contribution in [0, 0.1) is 0 Å². The second-order valence-electron chi connectivity index (χ2n) is 2.70. The molecular weight excluding hydrogens is 213 g/mol. The van der Waals surface area contributed by atoms with Crippen molar-refractivity contribution in [2.24, 2.45) is 0 Å². The lowest BCUT2D eigenvalue weighted by Gasteiger charge is -2.08. The van der Waals surface area contributed by atoms with Crippen molar-refractivity contribution in [3.8, 4) is 0 Å². The van der Waals surface area contributed by atoms with Gasteiger partial charge in [-0.05, 0) is 17.7 Å². The van der Waals surface area contributed by atoms with Gasteiger partial charge in [-0.15, -0.1) is 0 Å². The molecule has 5 heteroatoms. The standard InChI is InChI=1S/C9H7F3OS/c10-9(11,12)7-3-1-6(2-4-7)8(14)5-13/h1-5,8,14H. The molecule has 0 aliphatic carbocycles. The molecule has 0 saturated carbocycles. The van der Waals surface area contributed by atoms with E-state index in [1.165, 1.54) is 12.1 Å². The van der Waals surface area contributed by atoms with E-state index in [4.69, 9.17) is 0 Å². The normalized spacial score (nSPS) is 13.7. The summed E-state index contributed by atoms with van der Waals surface area (Å²) in [6.45, 7) is 0. The zero-order chi connectivity index (χ0) is 10.8. The molecule has 1 nitrogen and oxygen atoms in total. The fourth-order valence-electron chi connectivity index (χ4n) is 0.948. The van der Waals surface area contributed by atoms with Crippen LogP contribution in [0.1, 0.15) is 16.4 Å². The van der Waals surface area contributed by atoms with Gasteiger partial charge in [0.25, 0.3) is 0 Å². The Balaban J connectivity index is 2.95. The Morgan fingerprint density at radius 3 is 2.07 bits per heavy atom. The van der Waals surface area contributed by atoms with Crippen molar-refractivity contribution in [3.05, 3.63) is 35.4 Å². The number of hydrogen-bond acceptors (Lipinski definition) is 2. The van der Waals surface area contributed by atoms with E-state index in [1.54, 1.807) is 0 Å². The molecule has 0 bridgehead atoms. The average Bonchev–Trinajstić information content (AvgIpc) is 2.15. The minimum Gasteiger partial charge on any atom is -0.302 e. The van der Waals surface area contributed by atoms with E-state index in [0.29, 0.717) is 11.8 Å². The predicted molar refractivity (Wildman–Crippen MR) is 49.2 cm³/mol. The third-order valence-corrected chi connectivity index (χ3v) is 2.13. The summed E-state index contributed by atoms with van der Waals surface area (Å²) in [7, 11) is 0. The minimum atomic E-state index is -4.34. The molecule has 76 valence electrons. The van der Waals surface area contributed by atoms with Crippen LogP contribution in [0.4, 0.5) is 13.2 Å². The Kier molecular flexibility index (Phi) is 3.21. The Labute approximate surface area is 84.3 Å². The van der Waals surface area contributed by atoms with Gasteiger partial charge in [-0.25, -0.2) is 0 Å². The molecule has 0 aliphatic heterocycles. The van der Waals surface area contributed by atoms with Crippen molar-refractivity contribution >= 4 is 18.9 Å². The minimum absolute atomic E-state index is 0.455. The van der Waals surface area contributed by atoms with E-state index >= 15 is 0 Å². The summed E-state index contributed by atoms with van der Waals surface area (Å²) in [6, 6.07) is 4.36. The number of halogens is 3. The Morgan fingerprint density at radius 2 is 1.71 bits per heavy atom. The number of rotatable bonds is 2. The highest BCUT2D eigenvalue weighted by Crippen LogP contribution is 2.30. The summed E-state index contributed by atoms with van der Waals surface area (Å²) in [5, 5.41) is -0.669. The summed E-state index contributed by atoms with van der Waals surface area (Å²) in [4.78, 5) is 10.3. The lowest BCUT2D eigenvalue weighted by molar-refractivity contribution is -0.137. The fraction of sp³-hybridized carbons (Fsp3) is 0.222. The molecule has 1 aromatic rings. The number of carbonyl (C=O) groups is 1. The molecule has 0 amide bonds. The van der Waals surface area contributed by atoms with E-state index in [0.717, 1.165) is 12.1 Å². The van der Waals surface area contributed by atoms with Gasteiger partial charge in [0.05, 0.1) is 10.8 Å². The smallest absolute Gasteiger partial charge is 0.302 e. The van der Waals surface area contributed by atoms with Crippen molar-refractivity contribution in [3.63, 3.8) is 0 Å². The number of alkyl halides is 3. The van der Waals surface area contributed by atoms with Crippen LogP contribution >= 0.6 is 12.6 Å². The Hall–Kier alpha value is -0.970. The summed E-state index contributed by atoms with van der Waals surface area (Å²) in [6.07, 6.45) is -3.78. The molecule has 0 aliphatic rings. The van der Waals surface area contributed by atoms with Gasteiger partial charge in [0.1, 0.15) is 6.29 Å². The Morgan fingerprint density at radius 1 is 1.21 bits per heavy atom. The van der Waals surface area contributed by atoms with E-state index in [2.05, 4.69) is 12.6 Å². The second kappa shape index (κ2) is 4.04. The highest BCUT2D eigenvalue weighted by Gasteiger charge is 2.30. The topological polar surface area (TPSA) is 17.1 Å². The van der Waals surface area contributed by atoms with Gasteiger partial charge < -0.3 is 4.79 Å². The van der Waals surface area contributed by atoms with Gasteiger partial charge in [0, 0.05) is 0 Å². The van der Waals surface area contributed by atoms with Crippen LogP contribution in [-0.2, 0) is 11.0 Å². The van der Waals surface area contributed by atoms with Crippen LogP contribution in [-0.4, -0.2) is 6.29 Å². The number of benzene rings is 1. The van der Waals surface area contributed by atoms with Crippen LogP contribution in [0.5, 0.6) is 0 Å². The monoisotopic (exact) mass is 220 g/mol. The maximum atomic E-state index is 12.1. The molecule has 0 radical (unpaired) electrons. The van der Waals surface area contributed by atoms with Gasteiger partial charge in [-0.1, -0.05) is 12.1 Å². The zero-order valence-electron chi connectivity index (χ0n) is 6.95. The van der Waals surface area contributed by atoms with Crippen LogP contribution in [0.3, 0.4) is 0 Å². The first-order valence-corrected chi connectivity index (χ1v) is 4.27. The summed E-state index contributed by atoms with van der Waals surface area (Å²) < 4.78 is 36.3. The molecule has 1 rings (SSSR count). The molecule has 0 spiro atoms. The third kappa shape index (κ3) is 2.51. The van der Waals surface area contributed by atoms with E-state index in [9.17, 15) is 18.0 Å². The maximum absolute atomic E-state index is 12.1. The maximum Gasteiger partial charge on any atom is 0.416 e. The average molecular weight is 220 g/mol. The van der Waals surface area contributed by atoms with Gasteiger partial charge in [0.2, 0.25) is 0 Å². The van der Waals surface area contributed by atoms with E-state index in [-0.39, 0.29) is 0 Å². The fourth-order valence-corrected chi connectivity index (χ4v) is 1.12. The number of hydrogen-bond donors (Lipinski definition) is 1. The summed E-state index contributed by atoms with van der Waals surface area (Å²) in [5.41, 5.74) is -0.274. The molecule has 1 atom stereocenters. The zero-order valence-corrected chi connectivity index (χ0v) is 7.85. The first-order chi connectivity index (χ1) is 6.45. The van der Waals surface area contributed by atoms with Gasteiger partial charge in [0.15, 0.2) is 0 Å². The summed E-state index contributed by atoms with van der Waals surface area (Å²) >= 11 is 3.88. The predicted octanol–water partition coefficient (Wildman–Crippen LogP) is 2.88. The molecule has 14 heavy (non-hydrogen) atoms. The molecule has 0 saturated heterocycles. The second-order valence-corrected chi connectivity index (χ2v) is 3.26. The SMILES string of the molecule is O=CC(S)c1ccc(C(F)(F)F)cc1. The van der Waals surface area contributed by atoms with Crippen LogP contribution < -0.4 is 0 Å². The van der Waals surface area contributed by atoms with Crippen molar-refractivity contribution < 1.29 is 18.0 Å². The lowest BCUT2D eigenvalue weighted by Crippen LogP contribution is -2.04. The van der Waals surface area contributed by atoms with Crippen molar-refractivity contribution in [1.29, 1.82) is 0 Å². The van der Waals surface area contributed by atoms with E-state index < -0.39 is 17.0 Å². The van der Waals surface area contributed by atoms with Gasteiger partial charge in [-0.3, -0.25) is 0 Å². The van der Waals surface area contributed by atoms with Crippen molar-refractivity contribution in [1.82, 2.24) is 0 Å². The summed E-state index contributed by atoms with van der Waals surface area (Å²) in [5.74, 6) is 0. The van der Waals surface area contributed by atoms with Gasteiger partial charge in [-0.2, -0.15) is 25.8 Å². The van der Waals surface area contributed by atoms with Crippen molar-refractivity contribution in [2.75, 3.05) is 0 Å². The molecule has 0 aromatic heterocycles. The van der Waals surface area contributed by atoms with Crippen LogP contribution in [0.2, 0.25) is 0 Å². The van der Waals surface area contributed by atoms with Crippen LogP contribution in [0.15, 0.2) is 24.3 Å². The van der Waals surface area contributed by atoms with Crippen molar-refractivity contribution in [2.45, 2.75) is 11.4 Å². The van der Waals surface area contributed by atoms with Crippen LogP contribution in [0.25, 0.3) is 0 Å². The van der Waals surface area contributed by atoms with E-state index in [1.807, 2.05) is 0 Å². The molecule has 0 fully saturated rings. The highest BCUT2D eigenvalue weighted by molar-refractivity contribution is 7.81. The highest BCUT2D eigenvalue weighted by atomic mass is 32.1. The number of aldehydes is 1. The third-order valence-electron chi connectivity index (χ3n) is 1.71. The molecular formula is C9H7F3OS. The van der Waals surface area contributed by atoms with Gasteiger partial charge >= 0.3 is 6.18 Å². The molecule has 1 unspecified atom stereocenters. The molecule has 1 aromatic carbocycles. The Bertz CT molecular complexity index is 318.